The Labute approximate surface area is 197 Å². The molecule has 0 radical (unpaired) electrons. The molecule has 1 aliphatic heterocycles. The standard InChI is InChI=1S/C27H25NO6/c1-33-16-15-28-24(19-7-11-21(29)12-8-19)23(26(31)27(28)32)25(30)20-9-13-22(14-10-20)34-17-18-5-3-2-4-6-18/h2-14,24,29-30H,15-17H2,1H3/b25-23+/t24-/m0/s1. The maximum absolute atomic E-state index is 12.9. The maximum Gasteiger partial charge on any atom is 0.295 e. The lowest BCUT2D eigenvalue weighted by molar-refractivity contribution is -0.140. The Morgan fingerprint density at radius 2 is 1.62 bits per heavy atom. The zero-order chi connectivity index (χ0) is 24.1. The maximum atomic E-state index is 12.9. The van der Waals surface area contributed by atoms with Crippen LogP contribution in [0.15, 0.2) is 84.4 Å². The van der Waals surface area contributed by atoms with Gasteiger partial charge in [-0.3, -0.25) is 9.59 Å². The Bertz CT molecular complexity index is 1190. The smallest absolute Gasteiger partial charge is 0.295 e. The first kappa shape index (κ1) is 23.1. The van der Waals surface area contributed by atoms with Crippen LogP contribution in [0.4, 0.5) is 0 Å². The van der Waals surface area contributed by atoms with Crippen LogP contribution in [0.1, 0.15) is 22.7 Å². The Kier molecular flexibility index (Phi) is 6.94. The normalized spacial score (nSPS) is 17.2. The van der Waals surface area contributed by atoms with Gasteiger partial charge in [-0.05, 0) is 47.5 Å². The molecule has 174 valence electrons. The zero-order valence-corrected chi connectivity index (χ0v) is 18.7. The number of methoxy groups -OCH3 is 1. The van der Waals surface area contributed by atoms with Crippen LogP contribution < -0.4 is 4.74 Å². The third-order valence-electron chi connectivity index (χ3n) is 5.66. The number of aliphatic hydroxyl groups is 1. The van der Waals surface area contributed by atoms with E-state index in [1.807, 2.05) is 30.3 Å². The van der Waals surface area contributed by atoms with E-state index in [1.165, 1.54) is 24.1 Å². The highest BCUT2D eigenvalue weighted by molar-refractivity contribution is 6.46. The number of carbonyl (C=O) groups excluding carboxylic acids is 2. The van der Waals surface area contributed by atoms with Crippen molar-refractivity contribution in [2.75, 3.05) is 20.3 Å². The van der Waals surface area contributed by atoms with Crippen LogP contribution in [-0.4, -0.2) is 47.1 Å². The lowest BCUT2D eigenvalue weighted by Crippen LogP contribution is -2.32. The summed E-state index contributed by atoms with van der Waals surface area (Å²) < 4.78 is 10.9. The van der Waals surface area contributed by atoms with Gasteiger partial charge in [0.1, 0.15) is 23.9 Å². The first-order valence-corrected chi connectivity index (χ1v) is 10.8. The van der Waals surface area contributed by atoms with Crippen molar-refractivity contribution in [2.45, 2.75) is 12.6 Å². The van der Waals surface area contributed by atoms with Crippen LogP contribution >= 0.6 is 0 Å². The number of carbonyl (C=O) groups is 2. The molecular formula is C27H25NO6. The van der Waals surface area contributed by atoms with Gasteiger partial charge in [0, 0.05) is 19.2 Å². The molecule has 0 aliphatic carbocycles. The summed E-state index contributed by atoms with van der Waals surface area (Å²) in [4.78, 5) is 27.1. The second-order valence-corrected chi connectivity index (χ2v) is 7.88. The van der Waals surface area contributed by atoms with Gasteiger partial charge in [-0.2, -0.15) is 0 Å². The second-order valence-electron chi connectivity index (χ2n) is 7.88. The first-order valence-electron chi connectivity index (χ1n) is 10.8. The van der Waals surface area contributed by atoms with E-state index in [2.05, 4.69) is 0 Å². The van der Waals surface area contributed by atoms with E-state index in [0.29, 0.717) is 23.5 Å². The van der Waals surface area contributed by atoms with Crippen molar-refractivity contribution in [1.29, 1.82) is 0 Å². The van der Waals surface area contributed by atoms with Gasteiger partial charge in [-0.25, -0.2) is 0 Å². The van der Waals surface area contributed by atoms with Crippen molar-refractivity contribution >= 4 is 17.4 Å². The predicted molar refractivity (Wildman–Crippen MR) is 126 cm³/mol. The molecule has 2 N–H and O–H groups in total. The molecule has 1 fully saturated rings. The number of likely N-dealkylation sites (tertiary alicyclic amines) is 1. The number of aromatic hydroxyl groups is 1. The molecule has 34 heavy (non-hydrogen) atoms. The van der Waals surface area contributed by atoms with Gasteiger partial charge in [0.05, 0.1) is 18.2 Å². The number of hydrogen-bond donors (Lipinski definition) is 2. The number of ketones is 1. The highest BCUT2D eigenvalue weighted by Crippen LogP contribution is 2.39. The number of rotatable bonds is 8. The van der Waals surface area contributed by atoms with Crippen molar-refractivity contribution in [2.24, 2.45) is 0 Å². The van der Waals surface area contributed by atoms with Crippen LogP contribution in [0.25, 0.3) is 5.76 Å². The molecule has 0 aromatic heterocycles. The first-order chi connectivity index (χ1) is 16.5. The quantitative estimate of drug-likeness (QED) is 0.300. The number of benzene rings is 3. The van der Waals surface area contributed by atoms with Gasteiger partial charge in [0.25, 0.3) is 11.7 Å². The highest BCUT2D eigenvalue weighted by Gasteiger charge is 2.45. The SMILES string of the molecule is COCCN1C(=O)C(=O)/C(=C(/O)c2ccc(OCc3ccccc3)cc2)[C@@H]1c1ccc(O)cc1. The average Bonchev–Trinajstić information content (AvgIpc) is 3.12. The summed E-state index contributed by atoms with van der Waals surface area (Å²) in [5, 5.41) is 20.8. The third kappa shape index (κ3) is 4.79. The average molecular weight is 459 g/mol. The Morgan fingerprint density at radius 1 is 0.941 bits per heavy atom. The van der Waals surface area contributed by atoms with Gasteiger partial charge in [-0.15, -0.1) is 0 Å². The zero-order valence-electron chi connectivity index (χ0n) is 18.7. The van der Waals surface area contributed by atoms with Crippen molar-refractivity contribution in [1.82, 2.24) is 4.90 Å². The fourth-order valence-corrected chi connectivity index (χ4v) is 3.91. The summed E-state index contributed by atoms with van der Waals surface area (Å²) in [6.07, 6.45) is 0. The fourth-order valence-electron chi connectivity index (χ4n) is 3.91. The Hall–Kier alpha value is -4.10. The molecule has 0 bridgehead atoms. The van der Waals surface area contributed by atoms with Gasteiger partial charge in [0.15, 0.2) is 0 Å². The Morgan fingerprint density at radius 3 is 2.26 bits per heavy atom. The summed E-state index contributed by atoms with van der Waals surface area (Å²) >= 11 is 0. The largest absolute Gasteiger partial charge is 0.508 e. The van der Waals surface area contributed by atoms with E-state index in [9.17, 15) is 19.8 Å². The topological polar surface area (TPSA) is 96.3 Å². The molecule has 1 saturated heterocycles. The molecule has 0 spiro atoms. The molecule has 3 aromatic carbocycles. The van der Waals surface area contributed by atoms with Crippen LogP contribution in [0.3, 0.4) is 0 Å². The van der Waals surface area contributed by atoms with Gasteiger partial charge in [-0.1, -0.05) is 42.5 Å². The summed E-state index contributed by atoms with van der Waals surface area (Å²) in [5.41, 5.74) is 2.00. The molecule has 7 heteroatoms. The molecule has 4 rings (SSSR count). The number of ether oxygens (including phenoxy) is 2. The van der Waals surface area contributed by atoms with E-state index >= 15 is 0 Å². The lowest BCUT2D eigenvalue weighted by atomic mass is 9.95. The van der Waals surface area contributed by atoms with Crippen LogP contribution in [0.5, 0.6) is 11.5 Å². The number of Topliss-reactive ketones (excluding diaryl/α,β-unsaturated/α-hetero) is 1. The monoisotopic (exact) mass is 459 g/mol. The van der Waals surface area contributed by atoms with Gasteiger partial charge < -0.3 is 24.6 Å². The number of phenols is 1. The molecule has 7 nitrogen and oxygen atoms in total. The minimum absolute atomic E-state index is 0.00949. The highest BCUT2D eigenvalue weighted by atomic mass is 16.5. The molecule has 3 aromatic rings. The van der Waals surface area contributed by atoms with Crippen molar-refractivity contribution in [3.8, 4) is 11.5 Å². The van der Waals surface area contributed by atoms with Gasteiger partial charge >= 0.3 is 0 Å². The number of amides is 1. The number of aliphatic hydroxyl groups excluding tert-OH is 1. The van der Waals surface area contributed by atoms with E-state index in [1.54, 1.807) is 36.4 Å². The summed E-state index contributed by atoms with van der Waals surface area (Å²) in [5.74, 6) is -1.08. The van der Waals surface area contributed by atoms with Crippen molar-refractivity contribution in [3.63, 3.8) is 0 Å². The molecule has 1 aliphatic rings. The summed E-state index contributed by atoms with van der Waals surface area (Å²) in [6.45, 7) is 0.808. The molecule has 0 unspecified atom stereocenters. The Balaban J connectivity index is 1.65. The number of phenolic OH excluding ortho intramolecular Hbond substituents is 1. The van der Waals surface area contributed by atoms with E-state index < -0.39 is 17.7 Å². The molecule has 0 saturated carbocycles. The minimum atomic E-state index is -0.801. The van der Waals surface area contributed by atoms with E-state index in [4.69, 9.17) is 9.47 Å². The van der Waals surface area contributed by atoms with E-state index in [-0.39, 0.29) is 30.2 Å². The molecular weight excluding hydrogens is 434 g/mol. The fraction of sp³-hybridized carbons (Fsp3) is 0.185. The summed E-state index contributed by atoms with van der Waals surface area (Å²) in [6, 6.07) is 21.8. The lowest BCUT2D eigenvalue weighted by Gasteiger charge is -2.25. The molecule has 1 atom stereocenters. The predicted octanol–water partition coefficient (Wildman–Crippen LogP) is 4.04. The van der Waals surface area contributed by atoms with Gasteiger partial charge in [0.2, 0.25) is 0 Å². The van der Waals surface area contributed by atoms with Crippen LogP contribution in [-0.2, 0) is 20.9 Å². The third-order valence-corrected chi connectivity index (χ3v) is 5.66. The van der Waals surface area contributed by atoms with Crippen molar-refractivity contribution in [3.05, 3.63) is 101 Å². The summed E-state index contributed by atoms with van der Waals surface area (Å²) in [7, 11) is 1.51. The number of nitrogens with zero attached hydrogens (tertiary/aromatic N) is 1. The van der Waals surface area contributed by atoms with E-state index in [0.717, 1.165) is 5.56 Å². The van der Waals surface area contributed by atoms with Crippen LogP contribution in [0.2, 0.25) is 0 Å². The molecule has 1 heterocycles. The van der Waals surface area contributed by atoms with Crippen molar-refractivity contribution < 1.29 is 29.3 Å². The minimum Gasteiger partial charge on any atom is -0.508 e. The number of hydrogen-bond acceptors (Lipinski definition) is 6. The second kappa shape index (κ2) is 10.2. The van der Waals surface area contributed by atoms with Crippen LogP contribution in [0, 0.1) is 0 Å². The molecule has 1 amide bonds.